The van der Waals surface area contributed by atoms with Crippen molar-refractivity contribution >= 4 is 66.2 Å². The van der Waals surface area contributed by atoms with Gasteiger partial charge < -0.3 is 4.90 Å². The SMILES string of the molecule is CN(C(=O)c1ccc2nc3c4cccnc4c4ncccc4c3nc2c1)c1ccc2ccccc2c1. The number of anilines is 1. The third kappa shape index (κ3) is 3.08. The minimum Gasteiger partial charge on any atom is -0.311 e. The van der Waals surface area contributed by atoms with E-state index in [4.69, 9.17) is 9.97 Å². The fraction of sp³-hybridized carbons (Fsp3) is 0.0333. The number of hydrogen-bond acceptors (Lipinski definition) is 5. The first-order valence-corrected chi connectivity index (χ1v) is 11.7. The number of pyridine rings is 2. The average Bonchev–Trinajstić information content (AvgIpc) is 2.95. The molecule has 0 aliphatic rings. The average molecular weight is 466 g/mol. The number of aromatic nitrogens is 4. The van der Waals surface area contributed by atoms with Crippen molar-refractivity contribution in [2.24, 2.45) is 0 Å². The molecule has 6 heteroatoms. The second-order valence-corrected chi connectivity index (χ2v) is 8.82. The molecule has 0 unspecified atom stereocenters. The highest BCUT2D eigenvalue weighted by atomic mass is 16.2. The summed E-state index contributed by atoms with van der Waals surface area (Å²) in [6, 6.07) is 27.4. The first kappa shape index (κ1) is 20.4. The molecule has 0 aliphatic heterocycles. The zero-order valence-electron chi connectivity index (χ0n) is 19.4. The zero-order valence-corrected chi connectivity index (χ0v) is 19.4. The van der Waals surface area contributed by atoms with Gasteiger partial charge in [-0.2, -0.15) is 0 Å². The largest absolute Gasteiger partial charge is 0.311 e. The third-order valence-electron chi connectivity index (χ3n) is 6.69. The predicted octanol–water partition coefficient (Wildman–Crippen LogP) is 6.31. The van der Waals surface area contributed by atoms with Crippen LogP contribution in [0, 0.1) is 0 Å². The molecular formula is C30H19N5O. The van der Waals surface area contributed by atoms with E-state index in [0.29, 0.717) is 11.1 Å². The fourth-order valence-corrected chi connectivity index (χ4v) is 4.83. The summed E-state index contributed by atoms with van der Waals surface area (Å²) >= 11 is 0. The molecule has 3 heterocycles. The Bertz CT molecular complexity index is 2000. The number of fused-ring (bicyclic) bond motifs is 8. The number of carbonyl (C=O) groups is 1. The second kappa shape index (κ2) is 7.78. The lowest BCUT2D eigenvalue weighted by Crippen LogP contribution is -2.26. The molecule has 36 heavy (non-hydrogen) atoms. The standard InChI is InChI=1S/C30H19N5O/c1-35(21-12-10-18-6-2-3-7-19(18)16-21)30(36)20-11-13-24-25(17-20)34-29-23-9-5-15-32-27(23)26-22(28(29)33-24)8-4-14-31-26/h2-17H,1H3. The van der Waals surface area contributed by atoms with E-state index in [1.807, 2.05) is 78.9 Å². The molecule has 0 bridgehead atoms. The van der Waals surface area contributed by atoms with Crippen molar-refractivity contribution < 1.29 is 4.79 Å². The van der Waals surface area contributed by atoms with Crippen molar-refractivity contribution in [3.8, 4) is 0 Å². The van der Waals surface area contributed by atoms with Crippen molar-refractivity contribution in [1.29, 1.82) is 0 Å². The molecule has 0 fully saturated rings. The summed E-state index contributed by atoms with van der Waals surface area (Å²) in [6.45, 7) is 0. The maximum Gasteiger partial charge on any atom is 0.258 e. The lowest BCUT2D eigenvalue weighted by molar-refractivity contribution is 0.0993. The van der Waals surface area contributed by atoms with Crippen molar-refractivity contribution in [2.75, 3.05) is 11.9 Å². The molecule has 4 aromatic carbocycles. The molecule has 0 N–H and O–H groups in total. The summed E-state index contributed by atoms with van der Waals surface area (Å²) in [4.78, 5) is 34.1. The molecule has 0 aliphatic carbocycles. The molecule has 170 valence electrons. The lowest BCUT2D eigenvalue weighted by atomic mass is 10.1. The number of amides is 1. The Labute approximate surface area is 205 Å². The van der Waals surface area contributed by atoms with Gasteiger partial charge >= 0.3 is 0 Å². The Balaban J connectivity index is 1.38. The lowest BCUT2D eigenvalue weighted by Gasteiger charge is -2.18. The highest BCUT2D eigenvalue weighted by Crippen LogP contribution is 2.32. The first-order chi connectivity index (χ1) is 17.7. The second-order valence-electron chi connectivity index (χ2n) is 8.82. The Kier molecular flexibility index (Phi) is 4.41. The molecule has 0 atom stereocenters. The van der Waals surface area contributed by atoms with Gasteiger partial charge in [0.25, 0.3) is 5.91 Å². The minimum absolute atomic E-state index is 0.108. The number of benzene rings is 4. The maximum atomic E-state index is 13.4. The molecule has 0 spiro atoms. The normalized spacial score (nSPS) is 11.6. The van der Waals surface area contributed by atoms with Crippen LogP contribution < -0.4 is 4.90 Å². The van der Waals surface area contributed by atoms with E-state index < -0.39 is 0 Å². The van der Waals surface area contributed by atoms with Crippen molar-refractivity contribution in [3.63, 3.8) is 0 Å². The van der Waals surface area contributed by atoms with E-state index in [-0.39, 0.29) is 5.91 Å². The van der Waals surface area contributed by atoms with E-state index in [9.17, 15) is 4.79 Å². The van der Waals surface area contributed by atoms with Crippen molar-refractivity contribution in [3.05, 3.63) is 103 Å². The summed E-state index contributed by atoms with van der Waals surface area (Å²) in [7, 11) is 1.79. The molecule has 7 rings (SSSR count). The van der Waals surface area contributed by atoms with Gasteiger partial charge in [0.05, 0.1) is 33.1 Å². The van der Waals surface area contributed by atoms with Crippen LogP contribution in [0.4, 0.5) is 5.69 Å². The predicted molar refractivity (Wildman–Crippen MR) is 144 cm³/mol. The van der Waals surface area contributed by atoms with Crippen LogP contribution in [-0.4, -0.2) is 32.9 Å². The summed E-state index contributed by atoms with van der Waals surface area (Å²) < 4.78 is 0. The minimum atomic E-state index is -0.108. The van der Waals surface area contributed by atoms with E-state index in [2.05, 4.69) is 16.0 Å². The van der Waals surface area contributed by atoms with Crippen LogP contribution in [0.25, 0.3) is 54.6 Å². The Morgan fingerprint density at radius 3 is 2.03 bits per heavy atom. The molecule has 0 radical (unpaired) electrons. The summed E-state index contributed by atoms with van der Waals surface area (Å²) in [5, 5.41) is 4.02. The van der Waals surface area contributed by atoms with Crippen LogP contribution in [0.5, 0.6) is 0 Å². The molecule has 0 saturated heterocycles. The monoisotopic (exact) mass is 465 g/mol. The van der Waals surface area contributed by atoms with Gasteiger partial charge in [0.1, 0.15) is 0 Å². The fourth-order valence-electron chi connectivity index (χ4n) is 4.83. The van der Waals surface area contributed by atoms with Gasteiger partial charge in [0.15, 0.2) is 0 Å². The van der Waals surface area contributed by atoms with Crippen LogP contribution >= 0.6 is 0 Å². The highest BCUT2D eigenvalue weighted by molar-refractivity contribution is 6.21. The molecule has 7 aromatic rings. The van der Waals surface area contributed by atoms with Gasteiger partial charge in [-0.25, -0.2) is 9.97 Å². The highest BCUT2D eigenvalue weighted by Gasteiger charge is 2.17. The Morgan fingerprint density at radius 2 is 1.31 bits per heavy atom. The zero-order chi connectivity index (χ0) is 24.2. The van der Waals surface area contributed by atoms with E-state index >= 15 is 0 Å². The van der Waals surface area contributed by atoms with E-state index in [1.54, 1.807) is 24.3 Å². The van der Waals surface area contributed by atoms with Gasteiger partial charge in [0, 0.05) is 41.5 Å². The Hall–Kier alpha value is -4.97. The van der Waals surface area contributed by atoms with Crippen LogP contribution in [0.1, 0.15) is 10.4 Å². The summed E-state index contributed by atoms with van der Waals surface area (Å²) in [5.41, 5.74) is 5.89. The topological polar surface area (TPSA) is 71.9 Å². The number of nitrogens with zero attached hydrogens (tertiary/aromatic N) is 5. The summed E-state index contributed by atoms with van der Waals surface area (Å²) in [5.74, 6) is -0.108. The molecule has 6 nitrogen and oxygen atoms in total. The molecule has 1 amide bonds. The Morgan fingerprint density at radius 1 is 0.639 bits per heavy atom. The van der Waals surface area contributed by atoms with Gasteiger partial charge in [-0.1, -0.05) is 30.3 Å². The van der Waals surface area contributed by atoms with Crippen LogP contribution in [0.2, 0.25) is 0 Å². The van der Waals surface area contributed by atoms with E-state index in [1.165, 1.54) is 0 Å². The number of rotatable bonds is 2. The number of carbonyl (C=O) groups excluding carboxylic acids is 1. The maximum absolute atomic E-state index is 13.4. The third-order valence-corrected chi connectivity index (χ3v) is 6.69. The quantitative estimate of drug-likeness (QED) is 0.221. The van der Waals surface area contributed by atoms with Gasteiger partial charge in [-0.15, -0.1) is 0 Å². The summed E-state index contributed by atoms with van der Waals surface area (Å²) in [6.07, 6.45) is 3.52. The molecule has 0 saturated carbocycles. The van der Waals surface area contributed by atoms with Crippen LogP contribution in [0.15, 0.2) is 97.3 Å². The van der Waals surface area contributed by atoms with Gasteiger partial charge in [-0.3, -0.25) is 14.8 Å². The van der Waals surface area contributed by atoms with Crippen LogP contribution in [0.3, 0.4) is 0 Å². The van der Waals surface area contributed by atoms with Crippen molar-refractivity contribution in [1.82, 2.24) is 19.9 Å². The van der Waals surface area contributed by atoms with Crippen molar-refractivity contribution in [2.45, 2.75) is 0 Å². The number of hydrogen-bond donors (Lipinski definition) is 0. The van der Waals surface area contributed by atoms with Gasteiger partial charge in [-0.05, 0) is 65.4 Å². The van der Waals surface area contributed by atoms with E-state index in [0.717, 1.165) is 54.8 Å². The molecule has 3 aromatic heterocycles. The van der Waals surface area contributed by atoms with Crippen LogP contribution in [-0.2, 0) is 0 Å². The molecular weight excluding hydrogens is 446 g/mol. The van der Waals surface area contributed by atoms with Gasteiger partial charge in [0.2, 0.25) is 0 Å². The smallest absolute Gasteiger partial charge is 0.258 e. The first-order valence-electron chi connectivity index (χ1n) is 11.7.